The van der Waals surface area contributed by atoms with E-state index >= 15 is 0 Å². The fourth-order valence-electron chi connectivity index (χ4n) is 4.58. The molecule has 2 unspecified atom stereocenters. The summed E-state index contributed by atoms with van der Waals surface area (Å²) in [7, 11) is 1.65. The number of furan rings is 1. The average Bonchev–Trinajstić information content (AvgIpc) is 3.49. The molecule has 3 aromatic rings. The number of nitrogens with two attached hydrogens (primary N) is 1. The first-order chi connectivity index (χ1) is 15.1. The predicted octanol–water partition coefficient (Wildman–Crippen LogP) is 3.86. The first-order valence-corrected chi connectivity index (χ1v) is 10.3. The van der Waals surface area contributed by atoms with E-state index in [2.05, 4.69) is 22.0 Å². The van der Waals surface area contributed by atoms with Gasteiger partial charge >= 0.3 is 0 Å². The van der Waals surface area contributed by atoms with Gasteiger partial charge in [-0.25, -0.2) is 4.98 Å². The molecular weight excluding hydrogens is 392 g/mol. The van der Waals surface area contributed by atoms with E-state index in [0.717, 1.165) is 49.1 Å². The monoisotopic (exact) mass is 416 g/mol. The minimum atomic E-state index is 0.329. The van der Waals surface area contributed by atoms with Crippen LogP contribution in [-0.2, 0) is 4.74 Å². The Bertz CT molecular complexity index is 1170. The minimum absolute atomic E-state index is 0.329. The zero-order valence-corrected chi connectivity index (χ0v) is 17.6. The molecule has 0 amide bonds. The van der Waals surface area contributed by atoms with Crippen LogP contribution in [-0.4, -0.2) is 38.4 Å². The standard InChI is InChI=1S/C24H24N4O3/c1-14-3-4-22(31-14)24-21(9-25)20(8-23(26)27-24)15-5-18(7-19(6-15)29-2)28-10-16-12-30-13-17(16)11-28/h3-8,16-17H,10-13H2,1-2H3,(H2,26,27). The first kappa shape index (κ1) is 19.5. The lowest BCUT2D eigenvalue weighted by Crippen LogP contribution is -2.22. The molecule has 0 aliphatic carbocycles. The Balaban J connectivity index is 1.61. The van der Waals surface area contributed by atoms with E-state index in [-0.39, 0.29) is 0 Å². The van der Waals surface area contributed by atoms with Crippen molar-refractivity contribution in [2.24, 2.45) is 11.8 Å². The summed E-state index contributed by atoms with van der Waals surface area (Å²) in [4.78, 5) is 6.77. The molecule has 2 aliphatic heterocycles. The fourth-order valence-corrected chi connectivity index (χ4v) is 4.58. The second-order valence-corrected chi connectivity index (χ2v) is 8.22. The van der Waals surface area contributed by atoms with E-state index < -0.39 is 0 Å². The summed E-state index contributed by atoms with van der Waals surface area (Å²) < 4.78 is 16.9. The van der Waals surface area contributed by atoms with Gasteiger partial charge in [-0.2, -0.15) is 5.26 Å². The van der Waals surface area contributed by atoms with Crippen LogP contribution in [0.1, 0.15) is 11.3 Å². The second-order valence-electron chi connectivity index (χ2n) is 8.22. The van der Waals surface area contributed by atoms with Gasteiger partial charge in [-0.15, -0.1) is 0 Å². The van der Waals surface area contributed by atoms with Crippen LogP contribution in [0.25, 0.3) is 22.6 Å². The predicted molar refractivity (Wildman–Crippen MR) is 118 cm³/mol. The summed E-state index contributed by atoms with van der Waals surface area (Å²) in [6, 6.07) is 13.8. The van der Waals surface area contributed by atoms with Gasteiger partial charge in [-0.1, -0.05) is 0 Å². The number of anilines is 2. The average molecular weight is 416 g/mol. The van der Waals surface area contributed by atoms with Gasteiger partial charge in [0.15, 0.2) is 5.76 Å². The highest BCUT2D eigenvalue weighted by molar-refractivity contribution is 5.82. The van der Waals surface area contributed by atoms with Crippen molar-refractivity contribution in [3.05, 3.63) is 47.7 Å². The Labute approximate surface area is 181 Å². The Morgan fingerprint density at radius 2 is 1.94 bits per heavy atom. The van der Waals surface area contributed by atoms with Crippen LogP contribution in [0.15, 0.2) is 40.8 Å². The van der Waals surface area contributed by atoms with E-state index in [1.54, 1.807) is 13.2 Å². The Kier molecular flexibility index (Phi) is 4.79. The van der Waals surface area contributed by atoms with Crippen LogP contribution < -0.4 is 15.4 Å². The SMILES string of the molecule is COc1cc(-c2cc(N)nc(-c3ccc(C)o3)c2C#N)cc(N2CC3COCC3C2)c1. The zero-order chi connectivity index (χ0) is 21.5. The van der Waals surface area contributed by atoms with Gasteiger partial charge in [0.1, 0.15) is 29.1 Å². The summed E-state index contributed by atoms with van der Waals surface area (Å²) in [6.07, 6.45) is 0. The number of rotatable bonds is 4. The maximum Gasteiger partial charge on any atom is 0.154 e. The minimum Gasteiger partial charge on any atom is -0.497 e. The van der Waals surface area contributed by atoms with Gasteiger partial charge in [0.05, 0.1) is 25.9 Å². The number of pyridine rings is 1. The number of hydrogen-bond donors (Lipinski definition) is 1. The molecule has 2 N–H and O–H groups in total. The summed E-state index contributed by atoms with van der Waals surface area (Å²) in [6.45, 7) is 5.41. The maximum absolute atomic E-state index is 10.0. The maximum atomic E-state index is 10.0. The van der Waals surface area contributed by atoms with Crippen LogP contribution in [0.3, 0.4) is 0 Å². The van der Waals surface area contributed by atoms with Gasteiger partial charge in [0.25, 0.3) is 0 Å². The van der Waals surface area contributed by atoms with Crippen molar-refractivity contribution in [3.8, 4) is 34.4 Å². The Morgan fingerprint density at radius 3 is 2.58 bits per heavy atom. The van der Waals surface area contributed by atoms with Gasteiger partial charge in [-0.3, -0.25) is 0 Å². The number of benzene rings is 1. The molecule has 2 aliphatic rings. The highest BCUT2D eigenvalue weighted by atomic mass is 16.5. The van der Waals surface area contributed by atoms with Crippen molar-refractivity contribution in [1.29, 1.82) is 5.26 Å². The summed E-state index contributed by atoms with van der Waals surface area (Å²) in [5, 5.41) is 10.0. The number of fused-ring (bicyclic) bond motifs is 1. The third-order valence-electron chi connectivity index (χ3n) is 6.17. The van der Waals surface area contributed by atoms with Gasteiger partial charge < -0.3 is 24.5 Å². The van der Waals surface area contributed by atoms with Gasteiger partial charge in [0.2, 0.25) is 0 Å². The smallest absolute Gasteiger partial charge is 0.154 e. The van der Waals surface area contributed by atoms with Crippen molar-refractivity contribution in [1.82, 2.24) is 4.98 Å². The molecule has 0 bridgehead atoms. The normalized spacial score (nSPS) is 20.0. The molecule has 2 aromatic heterocycles. The molecule has 31 heavy (non-hydrogen) atoms. The summed E-state index contributed by atoms with van der Waals surface area (Å²) in [5.74, 6) is 3.46. The quantitative estimate of drug-likeness (QED) is 0.689. The van der Waals surface area contributed by atoms with Crippen molar-refractivity contribution in [3.63, 3.8) is 0 Å². The van der Waals surface area contributed by atoms with Crippen LogP contribution in [0.2, 0.25) is 0 Å². The second kappa shape index (κ2) is 7.64. The Hall–Kier alpha value is -3.50. The lowest BCUT2D eigenvalue weighted by atomic mass is 9.97. The van der Waals surface area contributed by atoms with E-state index in [1.807, 2.05) is 31.2 Å². The fraction of sp³-hybridized carbons (Fsp3) is 0.333. The van der Waals surface area contributed by atoms with Crippen molar-refractivity contribution >= 4 is 11.5 Å². The summed E-state index contributed by atoms with van der Waals surface area (Å²) >= 11 is 0. The number of aromatic nitrogens is 1. The first-order valence-electron chi connectivity index (χ1n) is 10.3. The van der Waals surface area contributed by atoms with Crippen molar-refractivity contribution in [2.45, 2.75) is 6.92 Å². The lowest BCUT2D eigenvalue weighted by Gasteiger charge is -2.22. The van der Waals surface area contributed by atoms with Crippen molar-refractivity contribution in [2.75, 3.05) is 44.0 Å². The molecule has 7 heteroatoms. The van der Waals surface area contributed by atoms with Crippen LogP contribution in [0.5, 0.6) is 5.75 Å². The number of nitriles is 1. The highest BCUT2D eigenvalue weighted by Crippen LogP contribution is 2.39. The van der Waals surface area contributed by atoms with E-state index in [4.69, 9.17) is 19.6 Å². The molecule has 0 radical (unpaired) electrons. The molecule has 7 nitrogen and oxygen atoms in total. The van der Waals surface area contributed by atoms with E-state index in [1.165, 1.54) is 0 Å². The van der Waals surface area contributed by atoms with Crippen LogP contribution in [0.4, 0.5) is 11.5 Å². The molecule has 2 atom stereocenters. The highest BCUT2D eigenvalue weighted by Gasteiger charge is 2.37. The van der Waals surface area contributed by atoms with Gasteiger partial charge in [-0.05, 0) is 42.8 Å². The number of nitrogens with zero attached hydrogens (tertiary/aromatic N) is 3. The van der Waals surface area contributed by atoms with Crippen LogP contribution >= 0.6 is 0 Å². The molecule has 0 spiro atoms. The number of hydrogen-bond acceptors (Lipinski definition) is 7. The third-order valence-corrected chi connectivity index (χ3v) is 6.17. The molecule has 4 heterocycles. The number of methoxy groups -OCH3 is 1. The largest absolute Gasteiger partial charge is 0.497 e. The zero-order valence-electron chi connectivity index (χ0n) is 17.6. The van der Waals surface area contributed by atoms with E-state index in [9.17, 15) is 5.26 Å². The lowest BCUT2D eigenvalue weighted by molar-refractivity contribution is 0.177. The molecular formula is C24H24N4O3. The topological polar surface area (TPSA) is 97.5 Å². The van der Waals surface area contributed by atoms with Crippen LogP contribution in [0, 0.1) is 30.1 Å². The molecule has 5 rings (SSSR count). The molecule has 0 saturated carbocycles. The van der Waals surface area contributed by atoms with Gasteiger partial charge in [0, 0.05) is 42.2 Å². The number of aryl methyl sites for hydroxylation is 1. The van der Waals surface area contributed by atoms with E-state index in [0.29, 0.717) is 40.2 Å². The molecule has 1 aromatic carbocycles. The number of ether oxygens (including phenoxy) is 2. The summed E-state index contributed by atoms with van der Waals surface area (Å²) in [5.41, 5.74) is 9.65. The molecule has 2 fully saturated rings. The molecule has 158 valence electrons. The Morgan fingerprint density at radius 1 is 1.16 bits per heavy atom. The third kappa shape index (κ3) is 3.49. The molecule has 2 saturated heterocycles. The van der Waals surface area contributed by atoms with Crippen molar-refractivity contribution < 1.29 is 13.9 Å². The number of nitrogen functional groups attached to an aromatic ring is 1.